The Balaban J connectivity index is 0.000000162. The summed E-state index contributed by atoms with van der Waals surface area (Å²) in [4.78, 5) is 49.5. The summed E-state index contributed by atoms with van der Waals surface area (Å²) >= 11 is 5.56. The van der Waals surface area contributed by atoms with Crippen LogP contribution in [0.25, 0.3) is 45.0 Å². The summed E-state index contributed by atoms with van der Waals surface area (Å²) in [5, 5.41) is 19.9. The Morgan fingerprint density at radius 2 is 1.08 bits per heavy atom. The number of nitrogens with zero attached hydrogens (tertiary/aromatic N) is 2. The van der Waals surface area contributed by atoms with Gasteiger partial charge >= 0.3 is 0 Å². The first-order chi connectivity index (χ1) is 25.3. The number of carbonyl (C=O) groups is 4. The third-order valence-electron chi connectivity index (χ3n) is 8.69. The molecule has 4 aromatic carbocycles. The van der Waals surface area contributed by atoms with E-state index < -0.39 is 0 Å². The molecular formula is C38H30ClN7O6. The lowest BCUT2D eigenvalue weighted by Crippen LogP contribution is -2.22. The van der Waals surface area contributed by atoms with Gasteiger partial charge in [-0.3, -0.25) is 29.4 Å². The highest BCUT2D eigenvalue weighted by molar-refractivity contribution is 6.31. The van der Waals surface area contributed by atoms with Crippen LogP contribution in [0.4, 0.5) is 11.4 Å². The van der Waals surface area contributed by atoms with E-state index in [-0.39, 0.29) is 35.8 Å². The molecule has 52 heavy (non-hydrogen) atoms. The Morgan fingerprint density at radius 3 is 1.46 bits per heavy atom. The quantitative estimate of drug-likeness (QED) is 0.123. The number of ketones is 2. The van der Waals surface area contributed by atoms with Crippen molar-refractivity contribution in [1.29, 1.82) is 0 Å². The Labute approximate surface area is 301 Å². The molecule has 260 valence electrons. The molecule has 0 saturated carbocycles. The van der Waals surface area contributed by atoms with Crippen molar-refractivity contribution in [2.75, 3.05) is 37.3 Å². The predicted molar refractivity (Wildman–Crippen MR) is 196 cm³/mol. The van der Waals surface area contributed by atoms with E-state index in [2.05, 4.69) is 31.0 Å². The lowest BCUT2D eigenvalue weighted by Gasteiger charge is -2.09. The highest BCUT2D eigenvalue weighted by atomic mass is 35.5. The number of benzene rings is 4. The molecular weight excluding hydrogens is 686 g/mol. The zero-order chi connectivity index (χ0) is 36.5. The molecule has 13 nitrogen and oxygen atoms in total. The van der Waals surface area contributed by atoms with E-state index in [0.717, 1.165) is 22.6 Å². The first-order valence-corrected chi connectivity index (χ1v) is 16.5. The Bertz CT molecular complexity index is 2220. The van der Waals surface area contributed by atoms with Crippen LogP contribution >= 0.6 is 11.6 Å². The number of carbonyl (C=O) groups excluding carboxylic acids is 4. The zero-order valence-electron chi connectivity index (χ0n) is 27.8. The predicted octanol–water partition coefficient (Wildman–Crippen LogP) is 5.67. The van der Waals surface area contributed by atoms with Gasteiger partial charge in [0.15, 0.2) is 11.6 Å². The fraction of sp³-hybridized carbons (Fsp3) is 0.105. The Morgan fingerprint density at radius 1 is 0.654 bits per heavy atom. The molecule has 8 rings (SSSR count). The highest BCUT2D eigenvalue weighted by Gasteiger charge is 2.36. The number of aromatic nitrogens is 4. The maximum Gasteiger partial charge on any atom is 0.239 e. The molecule has 6 aromatic rings. The first-order valence-electron chi connectivity index (χ1n) is 15.9. The van der Waals surface area contributed by atoms with Crippen molar-refractivity contribution < 1.29 is 28.7 Å². The average Bonchev–Trinajstić information content (AvgIpc) is 3.95. The summed E-state index contributed by atoms with van der Waals surface area (Å²) in [6.07, 6.45) is 0. The number of hydrogen-bond acceptors (Lipinski definition) is 9. The Hall–Kier alpha value is -6.57. The largest absolute Gasteiger partial charge is 0.497 e. The number of H-pyrrole nitrogens is 2. The van der Waals surface area contributed by atoms with Gasteiger partial charge in [0.1, 0.15) is 28.8 Å². The summed E-state index contributed by atoms with van der Waals surface area (Å²) in [7, 11) is 3.19. The third-order valence-corrected chi connectivity index (χ3v) is 8.93. The molecule has 2 aromatic heterocycles. The fourth-order valence-electron chi connectivity index (χ4n) is 6.29. The van der Waals surface area contributed by atoms with Crippen molar-refractivity contribution in [3.63, 3.8) is 0 Å². The van der Waals surface area contributed by atoms with E-state index >= 15 is 0 Å². The van der Waals surface area contributed by atoms with Gasteiger partial charge in [0.05, 0.1) is 65.8 Å². The van der Waals surface area contributed by atoms with Gasteiger partial charge in [-0.05, 0) is 60.7 Å². The number of fused-ring (bicyclic) bond motifs is 6. The number of methoxy groups -OCH3 is 2. The second-order valence-corrected chi connectivity index (χ2v) is 11.9. The summed E-state index contributed by atoms with van der Waals surface area (Å²) in [6.45, 7) is -0.151. The van der Waals surface area contributed by atoms with Crippen LogP contribution in [0, 0.1) is 0 Å². The van der Waals surface area contributed by atoms with Gasteiger partial charge in [0.2, 0.25) is 11.8 Å². The lowest BCUT2D eigenvalue weighted by molar-refractivity contribution is -0.115. The van der Waals surface area contributed by atoms with Crippen molar-refractivity contribution in [2.24, 2.45) is 5.73 Å². The number of ether oxygens (including phenoxy) is 2. The van der Waals surface area contributed by atoms with Crippen LogP contribution in [0.2, 0.25) is 0 Å². The Kier molecular flexibility index (Phi) is 9.11. The van der Waals surface area contributed by atoms with Gasteiger partial charge in [-0.25, -0.2) is 0 Å². The van der Waals surface area contributed by atoms with Gasteiger partial charge in [-0.2, -0.15) is 10.2 Å². The van der Waals surface area contributed by atoms with Crippen LogP contribution in [-0.4, -0.2) is 70.4 Å². The lowest BCUT2D eigenvalue weighted by atomic mass is 10.0. The summed E-state index contributed by atoms with van der Waals surface area (Å²) < 4.78 is 10.3. The fourth-order valence-corrected chi connectivity index (χ4v) is 6.35. The minimum Gasteiger partial charge on any atom is -0.497 e. The third kappa shape index (κ3) is 5.87. The topological polar surface area (TPSA) is 194 Å². The molecule has 0 bridgehead atoms. The normalized spacial score (nSPS) is 11.8. The maximum absolute atomic E-state index is 13.1. The van der Waals surface area contributed by atoms with Gasteiger partial charge < -0.3 is 25.8 Å². The summed E-state index contributed by atoms with van der Waals surface area (Å²) in [5.41, 5.74) is 13.6. The maximum atomic E-state index is 13.1. The van der Waals surface area contributed by atoms with Crippen LogP contribution in [0.5, 0.6) is 11.5 Å². The van der Waals surface area contributed by atoms with Gasteiger partial charge in [-0.15, -0.1) is 11.6 Å². The van der Waals surface area contributed by atoms with E-state index in [1.54, 1.807) is 38.5 Å². The highest BCUT2D eigenvalue weighted by Crippen LogP contribution is 2.44. The minimum atomic E-state index is -0.364. The zero-order valence-corrected chi connectivity index (χ0v) is 28.6. The monoisotopic (exact) mass is 715 g/mol. The molecule has 0 atom stereocenters. The van der Waals surface area contributed by atoms with E-state index in [1.165, 1.54) is 0 Å². The molecule has 2 aliphatic carbocycles. The standard InChI is InChI=1S/C19H14ClN3O3.C19H16N4O3/c2*1-26-11-7-5-10(6-8-11)17-16-18(23-22-17)12-3-2-4-13(15(12)19(16)25)21-14(24)9-20/h2-8H,9H2,1H3,(H,21,24)(H,22,23);2-8H,9,20H2,1H3,(H,21,24)(H,22,23). The van der Waals surface area contributed by atoms with Gasteiger partial charge in [-0.1, -0.05) is 24.3 Å². The number of anilines is 2. The second kappa shape index (κ2) is 14.0. The average molecular weight is 716 g/mol. The molecule has 0 radical (unpaired) electrons. The molecule has 6 N–H and O–H groups in total. The number of alkyl halides is 1. The number of nitrogens with two attached hydrogens (primary N) is 1. The molecule has 0 unspecified atom stereocenters. The molecule has 0 spiro atoms. The number of rotatable bonds is 8. The SMILES string of the molecule is COc1ccc(-c2n[nH]c3c2C(=O)c2c(NC(=O)CCl)cccc2-3)cc1.COc1ccc(-c2n[nH]c3c2C(=O)c2c(NC(=O)CN)cccc2-3)cc1. The van der Waals surface area contributed by atoms with Crippen LogP contribution in [0.15, 0.2) is 84.9 Å². The molecule has 0 fully saturated rings. The minimum absolute atomic E-state index is 0.151. The van der Waals surface area contributed by atoms with Crippen molar-refractivity contribution >= 4 is 46.4 Å². The van der Waals surface area contributed by atoms with Crippen LogP contribution in [0.1, 0.15) is 31.8 Å². The van der Waals surface area contributed by atoms with Crippen molar-refractivity contribution in [3.05, 3.63) is 107 Å². The molecule has 0 aliphatic heterocycles. The van der Waals surface area contributed by atoms with E-state index in [9.17, 15) is 19.2 Å². The molecule has 2 heterocycles. The van der Waals surface area contributed by atoms with E-state index in [1.807, 2.05) is 60.7 Å². The smallest absolute Gasteiger partial charge is 0.239 e. The number of halogens is 1. The number of hydrogen-bond donors (Lipinski definition) is 5. The van der Waals surface area contributed by atoms with E-state index in [4.69, 9.17) is 26.8 Å². The summed E-state index contributed by atoms with van der Waals surface area (Å²) in [5.74, 6) is 0.195. The van der Waals surface area contributed by atoms with Crippen LogP contribution in [0.3, 0.4) is 0 Å². The van der Waals surface area contributed by atoms with Crippen molar-refractivity contribution in [2.45, 2.75) is 0 Å². The summed E-state index contributed by atoms with van der Waals surface area (Å²) in [6, 6.07) is 25.2. The molecule has 2 aliphatic rings. The van der Waals surface area contributed by atoms with Crippen molar-refractivity contribution in [1.82, 2.24) is 20.4 Å². The second-order valence-electron chi connectivity index (χ2n) is 11.7. The van der Waals surface area contributed by atoms with Crippen LogP contribution in [-0.2, 0) is 9.59 Å². The van der Waals surface area contributed by atoms with E-state index in [0.29, 0.717) is 67.5 Å². The van der Waals surface area contributed by atoms with Gasteiger partial charge in [0, 0.05) is 22.3 Å². The number of nitrogens with one attached hydrogen (secondary N) is 4. The molecule has 14 heteroatoms. The van der Waals surface area contributed by atoms with Gasteiger partial charge in [0.25, 0.3) is 0 Å². The van der Waals surface area contributed by atoms with Crippen LogP contribution < -0.4 is 25.8 Å². The molecule has 0 saturated heterocycles. The first kappa shape index (κ1) is 33.9. The molecule has 2 amide bonds. The number of aromatic amines is 2. The number of amides is 2. The van der Waals surface area contributed by atoms with Crippen molar-refractivity contribution in [3.8, 4) is 56.5 Å².